The predicted molar refractivity (Wildman–Crippen MR) is 78.1 cm³/mol. The summed E-state index contributed by atoms with van der Waals surface area (Å²) in [6.45, 7) is 4.36. The summed E-state index contributed by atoms with van der Waals surface area (Å²) in [6.07, 6.45) is 2.13. The number of aryl methyl sites for hydroxylation is 1. The number of hydrogen-bond acceptors (Lipinski definition) is 2. The highest BCUT2D eigenvalue weighted by Crippen LogP contribution is 2.28. The van der Waals surface area contributed by atoms with E-state index in [1.54, 1.807) is 0 Å². The van der Waals surface area contributed by atoms with Crippen LogP contribution in [0.2, 0.25) is 0 Å². The summed E-state index contributed by atoms with van der Waals surface area (Å²) in [4.78, 5) is 2.57. The largest absolute Gasteiger partial charge is 0.353 e. The van der Waals surface area contributed by atoms with Crippen molar-refractivity contribution in [1.82, 2.24) is 14.8 Å². The molecule has 2 heterocycles. The van der Waals surface area contributed by atoms with Gasteiger partial charge in [-0.05, 0) is 17.7 Å². The summed E-state index contributed by atoms with van der Waals surface area (Å²) in [6, 6.07) is 15.6. The van der Waals surface area contributed by atoms with Crippen LogP contribution < -0.4 is 5.32 Å². The molecule has 0 bridgehead atoms. The van der Waals surface area contributed by atoms with Crippen molar-refractivity contribution in [2.24, 2.45) is 7.05 Å². The number of aromatic nitrogens is 1. The van der Waals surface area contributed by atoms with Crippen LogP contribution in [0.3, 0.4) is 0 Å². The van der Waals surface area contributed by atoms with Crippen LogP contribution in [0.15, 0.2) is 48.7 Å². The molecule has 1 N–H and O–H groups in total. The van der Waals surface area contributed by atoms with E-state index >= 15 is 0 Å². The smallest absolute Gasteiger partial charge is 0.0756 e. The molecule has 1 atom stereocenters. The average molecular weight is 255 g/mol. The third kappa shape index (κ3) is 2.57. The van der Waals surface area contributed by atoms with Crippen molar-refractivity contribution >= 4 is 0 Å². The quantitative estimate of drug-likeness (QED) is 0.905. The first kappa shape index (κ1) is 12.5. The van der Waals surface area contributed by atoms with Gasteiger partial charge in [-0.3, -0.25) is 4.90 Å². The first-order valence-electron chi connectivity index (χ1n) is 6.97. The fourth-order valence-electron chi connectivity index (χ4n) is 2.90. The summed E-state index contributed by atoms with van der Waals surface area (Å²) in [5, 5.41) is 3.43. The molecule has 19 heavy (non-hydrogen) atoms. The van der Waals surface area contributed by atoms with E-state index in [9.17, 15) is 0 Å². The Hall–Kier alpha value is -1.58. The summed E-state index contributed by atoms with van der Waals surface area (Å²) in [7, 11) is 2.13. The second-order valence-electron chi connectivity index (χ2n) is 5.14. The molecule has 1 aliphatic rings. The first-order chi connectivity index (χ1) is 9.36. The van der Waals surface area contributed by atoms with Crippen LogP contribution in [0.4, 0.5) is 0 Å². The zero-order chi connectivity index (χ0) is 13.1. The van der Waals surface area contributed by atoms with Gasteiger partial charge >= 0.3 is 0 Å². The lowest BCUT2D eigenvalue weighted by molar-refractivity contribution is 0.193. The van der Waals surface area contributed by atoms with E-state index in [-0.39, 0.29) is 0 Å². The number of rotatable bonds is 3. The van der Waals surface area contributed by atoms with Crippen molar-refractivity contribution in [1.29, 1.82) is 0 Å². The van der Waals surface area contributed by atoms with Crippen molar-refractivity contribution in [2.75, 3.05) is 26.2 Å². The van der Waals surface area contributed by atoms with Crippen LogP contribution in [-0.4, -0.2) is 35.6 Å². The molecule has 0 spiro atoms. The monoisotopic (exact) mass is 255 g/mol. The van der Waals surface area contributed by atoms with E-state index in [0.29, 0.717) is 6.04 Å². The van der Waals surface area contributed by atoms with Crippen LogP contribution in [0.5, 0.6) is 0 Å². The van der Waals surface area contributed by atoms with Gasteiger partial charge in [0.05, 0.1) is 6.04 Å². The molecule has 1 fully saturated rings. The Morgan fingerprint density at radius 2 is 1.74 bits per heavy atom. The molecule has 0 amide bonds. The van der Waals surface area contributed by atoms with Gasteiger partial charge in [0.2, 0.25) is 0 Å². The van der Waals surface area contributed by atoms with Crippen LogP contribution in [0.1, 0.15) is 17.3 Å². The maximum absolute atomic E-state index is 3.43. The van der Waals surface area contributed by atoms with Gasteiger partial charge in [-0.25, -0.2) is 0 Å². The van der Waals surface area contributed by atoms with Crippen LogP contribution in [-0.2, 0) is 7.05 Å². The van der Waals surface area contributed by atoms with Gasteiger partial charge in [0.1, 0.15) is 0 Å². The molecule has 1 aliphatic heterocycles. The fourth-order valence-corrected chi connectivity index (χ4v) is 2.90. The average Bonchev–Trinajstić information content (AvgIpc) is 2.88. The zero-order valence-electron chi connectivity index (χ0n) is 11.4. The molecule has 3 nitrogen and oxygen atoms in total. The molecule has 100 valence electrons. The highest BCUT2D eigenvalue weighted by molar-refractivity contribution is 5.29. The number of piperazine rings is 1. The highest BCUT2D eigenvalue weighted by Gasteiger charge is 2.25. The molecule has 3 heteroatoms. The van der Waals surface area contributed by atoms with Crippen molar-refractivity contribution in [3.8, 4) is 0 Å². The van der Waals surface area contributed by atoms with Crippen LogP contribution >= 0.6 is 0 Å². The van der Waals surface area contributed by atoms with Crippen molar-refractivity contribution in [2.45, 2.75) is 6.04 Å². The van der Waals surface area contributed by atoms with E-state index in [0.717, 1.165) is 26.2 Å². The van der Waals surface area contributed by atoms with Crippen molar-refractivity contribution in [3.05, 3.63) is 59.9 Å². The Balaban J connectivity index is 1.98. The zero-order valence-corrected chi connectivity index (χ0v) is 11.4. The molecule has 1 saturated heterocycles. The predicted octanol–water partition coefficient (Wildman–Crippen LogP) is 2.02. The van der Waals surface area contributed by atoms with Gasteiger partial charge in [-0.15, -0.1) is 0 Å². The Morgan fingerprint density at radius 3 is 2.37 bits per heavy atom. The molecule has 0 saturated carbocycles. The second-order valence-corrected chi connectivity index (χ2v) is 5.14. The Bertz CT molecular complexity index is 512. The lowest BCUT2D eigenvalue weighted by Crippen LogP contribution is -2.45. The SMILES string of the molecule is Cn1cccc1C(c1ccccc1)N1CCNCC1. The third-order valence-corrected chi connectivity index (χ3v) is 3.90. The normalized spacial score (nSPS) is 18.4. The summed E-state index contributed by atoms with van der Waals surface area (Å²) in [5.74, 6) is 0. The molecular formula is C16H21N3. The van der Waals surface area contributed by atoms with E-state index in [1.807, 2.05) is 0 Å². The van der Waals surface area contributed by atoms with Gasteiger partial charge in [-0.2, -0.15) is 0 Å². The Labute approximate surface area is 114 Å². The second kappa shape index (κ2) is 5.59. The number of nitrogens with zero attached hydrogens (tertiary/aromatic N) is 2. The topological polar surface area (TPSA) is 20.2 Å². The maximum Gasteiger partial charge on any atom is 0.0756 e. The molecule has 1 unspecified atom stereocenters. The third-order valence-electron chi connectivity index (χ3n) is 3.90. The van der Waals surface area contributed by atoms with E-state index in [4.69, 9.17) is 0 Å². The molecule has 2 aromatic rings. The lowest BCUT2D eigenvalue weighted by Gasteiger charge is -2.35. The standard InChI is InChI=1S/C16H21N3/c1-18-11-5-8-15(18)16(14-6-3-2-4-7-14)19-12-9-17-10-13-19/h2-8,11,16-17H,9-10,12-13H2,1H3. The highest BCUT2D eigenvalue weighted by atomic mass is 15.2. The van der Waals surface area contributed by atoms with Crippen molar-refractivity contribution < 1.29 is 0 Å². The number of nitrogens with one attached hydrogen (secondary N) is 1. The van der Waals surface area contributed by atoms with Gasteiger partial charge < -0.3 is 9.88 Å². The molecule has 1 aromatic carbocycles. The fraction of sp³-hybridized carbons (Fsp3) is 0.375. The maximum atomic E-state index is 3.43. The van der Waals surface area contributed by atoms with Gasteiger partial charge in [0.15, 0.2) is 0 Å². The first-order valence-corrected chi connectivity index (χ1v) is 6.97. The molecule has 0 aliphatic carbocycles. The summed E-state index contributed by atoms with van der Waals surface area (Å²) in [5.41, 5.74) is 2.75. The van der Waals surface area contributed by atoms with E-state index < -0.39 is 0 Å². The van der Waals surface area contributed by atoms with Crippen LogP contribution in [0, 0.1) is 0 Å². The minimum atomic E-state index is 0.364. The van der Waals surface area contributed by atoms with Crippen molar-refractivity contribution in [3.63, 3.8) is 0 Å². The van der Waals surface area contributed by atoms with Gasteiger partial charge in [-0.1, -0.05) is 30.3 Å². The molecular weight excluding hydrogens is 234 g/mol. The Kier molecular flexibility index (Phi) is 3.67. The molecule has 3 rings (SSSR count). The van der Waals surface area contributed by atoms with E-state index in [2.05, 4.69) is 70.5 Å². The lowest BCUT2D eigenvalue weighted by atomic mass is 10.0. The number of benzene rings is 1. The summed E-state index contributed by atoms with van der Waals surface area (Å²) >= 11 is 0. The summed E-state index contributed by atoms with van der Waals surface area (Å²) < 4.78 is 2.24. The minimum absolute atomic E-state index is 0.364. The van der Waals surface area contributed by atoms with Gasteiger partial charge in [0.25, 0.3) is 0 Å². The van der Waals surface area contributed by atoms with Gasteiger partial charge in [0, 0.05) is 45.1 Å². The van der Waals surface area contributed by atoms with E-state index in [1.165, 1.54) is 11.3 Å². The molecule has 0 radical (unpaired) electrons. The molecule has 1 aromatic heterocycles. The van der Waals surface area contributed by atoms with Crippen LogP contribution in [0.25, 0.3) is 0 Å². The number of hydrogen-bond donors (Lipinski definition) is 1. The minimum Gasteiger partial charge on any atom is -0.353 e. The Morgan fingerprint density at radius 1 is 1.00 bits per heavy atom.